The Balaban J connectivity index is 2.15. The number of thiol groups is 1. The summed E-state index contributed by atoms with van der Waals surface area (Å²) in [5.41, 5.74) is 0. The third-order valence-corrected chi connectivity index (χ3v) is 4.86. The Hall–Kier alpha value is -0.380. The fourth-order valence-electron chi connectivity index (χ4n) is 2.97. The second-order valence-corrected chi connectivity index (χ2v) is 7.07. The van der Waals surface area contributed by atoms with Gasteiger partial charge in [-0.1, -0.05) is 38.5 Å². The average Bonchev–Trinajstić information content (AvgIpc) is 2.60. The maximum atomic E-state index is 11.9. The lowest BCUT2D eigenvalue weighted by Crippen LogP contribution is -2.64. The molecular weight excluding hydrogens is 346 g/mol. The zero-order chi connectivity index (χ0) is 18.7. The molecule has 1 saturated heterocycles. The summed E-state index contributed by atoms with van der Waals surface area (Å²) in [7, 11) is 0. The Morgan fingerprint density at radius 3 is 2.04 bits per heavy atom. The molecule has 1 aliphatic rings. The van der Waals surface area contributed by atoms with E-state index in [0.29, 0.717) is 6.42 Å². The standard InChI is InChI=1S/C17H33NO6S/c19-11-12-15(21)16(22)14(17(23)24-12)18-13(20)9-7-5-3-1-2-4-6-8-10-25/h12,14-17,19,21-23,25H,1-11H2,(H,18,20)/t12-,14-,15-,16-,17?/m1/s1. The molecule has 0 aromatic carbocycles. The van der Waals surface area contributed by atoms with E-state index in [4.69, 9.17) is 9.84 Å². The molecule has 0 aromatic heterocycles. The Morgan fingerprint density at radius 1 is 0.920 bits per heavy atom. The maximum absolute atomic E-state index is 11.9. The van der Waals surface area contributed by atoms with Crippen LogP contribution in [0.3, 0.4) is 0 Å². The van der Waals surface area contributed by atoms with E-state index in [2.05, 4.69) is 17.9 Å². The highest BCUT2D eigenvalue weighted by atomic mass is 32.1. The van der Waals surface area contributed by atoms with Crippen molar-refractivity contribution in [1.82, 2.24) is 5.32 Å². The van der Waals surface area contributed by atoms with Crippen LogP contribution in [0.5, 0.6) is 0 Å². The summed E-state index contributed by atoms with van der Waals surface area (Å²) in [4.78, 5) is 11.9. The molecular formula is C17H33NO6S. The Morgan fingerprint density at radius 2 is 1.48 bits per heavy atom. The fraction of sp³-hybridized carbons (Fsp3) is 0.941. The van der Waals surface area contributed by atoms with E-state index in [1.54, 1.807) is 0 Å². The smallest absolute Gasteiger partial charge is 0.220 e. The van der Waals surface area contributed by atoms with E-state index in [-0.39, 0.29) is 5.91 Å². The molecule has 7 nitrogen and oxygen atoms in total. The molecule has 8 heteroatoms. The van der Waals surface area contributed by atoms with Crippen LogP contribution in [0.4, 0.5) is 0 Å². The first kappa shape index (κ1) is 22.7. The molecule has 0 spiro atoms. The molecule has 0 radical (unpaired) electrons. The van der Waals surface area contributed by atoms with Crippen molar-refractivity contribution in [2.75, 3.05) is 12.4 Å². The second kappa shape index (κ2) is 12.9. The predicted octanol–water partition coefficient (Wildman–Crippen LogP) is 0.343. The van der Waals surface area contributed by atoms with Crippen LogP contribution in [0.15, 0.2) is 0 Å². The minimum Gasteiger partial charge on any atom is -0.394 e. The largest absolute Gasteiger partial charge is 0.394 e. The lowest BCUT2D eigenvalue weighted by Gasteiger charge is -2.40. The maximum Gasteiger partial charge on any atom is 0.220 e. The highest BCUT2D eigenvalue weighted by molar-refractivity contribution is 7.80. The molecule has 25 heavy (non-hydrogen) atoms. The number of amides is 1. The van der Waals surface area contributed by atoms with Gasteiger partial charge >= 0.3 is 0 Å². The minimum absolute atomic E-state index is 0.296. The van der Waals surface area contributed by atoms with Gasteiger partial charge in [-0.25, -0.2) is 0 Å². The van der Waals surface area contributed by atoms with Crippen LogP contribution in [0.25, 0.3) is 0 Å². The number of aliphatic hydroxyl groups is 4. The van der Waals surface area contributed by atoms with Gasteiger partial charge in [0.2, 0.25) is 5.91 Å². The van der Waals surface area contributed by atoms with Crippen molar-refractivity contribution in [1.29, 1.82) is 0 Å². The average molecular weight is 380 g/mol. The van der Waals surface area contributed by atoms with Gasteiger partial charge in [0.25, 0.3) is 0 Å². The second-order valence-electron chi connectivity index (χ2n) is 6.62. The van der Waals surface area contributed by atoms with Crippen LogP contribution in [-0.2, 0) is 9.53 Å². The third kappa shape index (κ3) is 8.23. The fourth-order valence-corrected chi connectivity index (χ4v) is 3.19. The molecule has 0 saturated carbocycles. The summed E-state index contributed by atoms with van der Waals surface area (Å²) in [5, 5.41) is 41.1. The SMILES string of the molecule is O=C(CCCCCCCCCCS)N[C@H]1C(O)O[C@H](CO)[C@@H](O)[C@@H]1O. The van der Waals surface area contributed by atoms with Crippen LogP contribution < -0.4 is 5.32 Å². The molecule has 1 rings (SSSR count). The van der Waals surface area contributed by atoms with Gasteiger partial charge in [-0.3, -0.25) is 4.79 Å². The Labute approximate surface area is 155 Å². The van der Waals surface area contributed by atoms with Crippen molar-refractivity contribution in [3.63, 3.8) is 0 Å². The number of unbranched alkanes of at least 4 members (excludes halogenated alkanes) is 7. The third-order valence-electron chi connectivity index (χ3n) is 4.54. The zero-order valence-corrected chi connectivity index (χ0v) is 15.6. The Bertz CT molecular complexity index is 373. The lowest BCUT2D eigenvalue weighted by molar-refractivity contribution is -0.253. The molecule has 1 fully saturated rings. The van der Waals surface area contributed by atoms with Crippen LogP contribution in [0.1, 0.15) is 57.8 Å². The first-order valence-corrected chi connectivity index (χ1v) is 9.85. The summed E-state index contributed by atoms with van der Waals surface area (Å²) in [6, 6.07) is -1.10. The van der Waals surface area contributed by atoms with Crippen LogP contribution >= 0.6 is 12.6 Å². The molecule has 1 unspecified atom stereocenters. The summed E-state index contributed by atoms with van der Waals surface area (Å²) >= 11 is 4.18. The van der Waals surface area contributed by atoms with Crippen molar-refractivity contribution in [2.45, 2.75) is 88.4 Å². The normalized spacial score (nSPS) is 29.6. The number of carbonyl (C=O) groups excluding carboxylic acids is 1. The molecule has 1 amide bonds. The number of hydrogen-bond donors (Lipinski definition) is 6. The van der Waals surface area contributed by atoms with Crippen molar-refractivity contribution in [3.8, 4) is 0 Å². The van der Waals surface area contributed by atoms with Crippen LogP contribution in [0, 0.1) is 0 Å². The molecule has 0 aromatic rings. The highest BCUT2D eigenvalue weighted by Gasteiger charge is 2.44. The van der Waals surface area contributed by atoms with Gasteiger partial charge in [-0.05, 0) is 18.6 Å². The van der Waals surface area contributed by atoms with E-state index >= 15 is 0 Å². The Kier molecular flexibility index (Phi) is 11.7. The molecule has 0 bridgehead atoms. The predicted molar refractivity (Wildman–Crippen MR) is 97.3 cm³/mol. The van der Waals surface area contributed by atoms with Crippen molar-refractivity contribution in [2.24, 2.45) is 0 Å². The van der Waals surface area contributed by atoms with E-state index in [0.717, 1.165) is 31.4 Å². The summed E-state index contributed by atoms with van der Waals surface area (Å²) in [6.07, 6.45) is 3.81. The minimum atomic E-state index is -1.46. The number of ether oxygens (including phenoxy) is 1. The molecule has 1 heterocycles. The lowest BCUT2D eigenvalue weighted by atomic mass is 9.97. The van der Waals surface area contributed by atoms with Gasteiger partial charge in [0.1, 0.15) is 24.4 Å². The van der Waals surface area contributed by atoms with Crippen molar-refractivity contribution >= 4 is 18.5 Å². The quantitative estimate of drug-likeness (QED) is 0.215. The molecule has 1 aliphatic heterocycles. The van der Waals surface area contributed by atoms with Crippen LogP contribution in [0.2, 0.25) is 0 Å². The summed E-state index contributed by atoms with van der Waals surface area (Å²) < 4.78 is 5.01. The summed E-state index contributed by atoms with van der Waals surface area (Å²) in [6.45, 7) is -0.523. The summed E-state index contributed by atoms with van der Waals surface area (Å²) in [5.74, 6) is 0.650. The van der Waals surface area contributed by atoms with Gasteiger partial charge in [0.15, 0.2) is 6.29 Å². The number of carbonyl (C=O) groups is 1. The van der Waals surface area contributed by atoms with Crippen molar-refractivity contribution in [3.05, 3.63) is 0 Å². The molecule has 148 valence electrons. The molecule has 0 aliphatic carbocycles. The highest BCUT2D eigenvalue weighted by Crippen LogP contribution is 2.20. The van der Waals surface area contributed by atoms with E-state index < -0.39 is 37.3 Å². The van der Waals surface area contributed by atoms with Crippen molar-refractivity contribution < 1.29 is 30.0 Å². The molecule has 5 atom stereocenters. The monoisotopic (exact) mass is 379 g/mol. The van der Waals surface area contributed by atoms with Gasteiger partial charge in [-0.2, -0.15) is 12.6 Å². The number of rotatable bonds is 12. The topological polar surface area (TPSA) is 119 Å². The first-order chi connectivity index (χ1) is 12.0. The number of aliphatic hydroxyl groups excluding tert-OH is 4. The van der Waals surface area contributed by atoms with Gasteiger partial charge in [-0.15, -0.1) is 0 Å². The zero-order valence-electron chi connectivity index (χ0n) is 14.7. The van der Waals surface area contributed by atoms with E-state index in [1.165, 1.54) is 25.7 Å². The van der Waals surface area contributed by atoms with Gasteiger partial charge in [0.05, 0.1) is 6.61 Å². The van der Waals surface area contributed by atoms with Gasteiger partial charge in [0, 0.05) is 6.42 Å². The molecule has 5 N–H and O–H groups in total. The van der Waals surface area contributed by atoms with E-state index in [9.17, 15) is 20.1 Å². The first-order valence-electron chi connectivity index (χ1n) is 9.22. The number of nitrogens with one attached hydrogen (secondary N) is 1. The van der Waals surface area contributed by atoms with Crippen LogP contribution in [-0.4, -0.2) is 69.3 Å². The van der Waals surface area contributed by atoms with E-state index in [1.807, 2.05) is 0 Å². The number of hydrogen-bond acceptors (Lipinski definition) is 7. The van der Waals surface area contributed by atoms with Gasteiger partial charge < -0.3 is 30.5 Å².